The second-order valence-corrected chi connectivity index (χ2v) is 11.1. The Labute approximate surface area is 201 Å². The number of hydrogen-bond acceptors (Lipinski definition) is 2. The van der Waals surface area contributed by atoms with Gasteiger partial charge in [0.05, 0.1) is 0 Å². The Hall–Kier alpha value is -3.26. The third-order valence-corrected chi connectivity index (χ3v) is 9.80. The van der Waals surface area contributed by atoms with Crippen LogP contribution in [0.25, 0.3) is 0 Å². The Morgan fingerprint density at radius 2 is 1.03 bits per heavy atom. The number of ketones is 1. The Balaban J connectivity index is 0.00000306. The number of carbonyl (C=O) groups excluding carboxylic acids is 2. The third kappa shape index (κ3) is 5.39. The number of amides is 1. The zero-order valence-electron chi connectivity index (χ0n) is 18.3. The second kappa shape index (κ2) is 11.0. The van der Waals surface area contributed by atoms with Gasteiger partial charge in [-0.3, -0.25) is 9.59 Å². The van der Waals surface area contributed by atoms with Crippen LogP contribution in [0.5, 0.6) is 0 Å². The number of nitrogens with one attached hydrogen (secondary N) is 1. The molecule has 0 aliphatic heterocycles. The maximum Gasteiger partial charge on any atom is 0.221 e. The van der Waals surface area contributed by atoms with Crippen LogP contribution in [0.2, 0.25) is 0 Å². The first-order chi connectivity index (χ1) is 15.6. The van der Waals surface area contributed by atoms with Crippen molar-refractivity contribution in [1.29, 1.82) is 0 Å². The van der Waals surface area contributed by atoms with E-state index in [1.165, 1.54) is 22.8 Å². The number of carbonyl (C=O) groups is 2. The Bertz CT molecular complexity index is 1100. The minimum absolute atomic E-state index is 0. The summed E-state index contributed by atoms with van der Waals surface area (Å²) >= 11 is 0. The molecule has 0 bridgehead atoms. The molecule has 4 aromatic rings. The molecule has 0 unspecified atom stereocenters. The van der Waals surface area contributed by atoms with Crippen molar-refractivity contribution in [2.45, 2.75) is 6.92 Å². The van der Waals surface area contributed by atoms with Gasteiger partial charge in [-0.1, -0.05) is 54.6 Å². The van der Waals surface area contributed by atoms with Crippen molar-refractivity contribution in [3.8, 4) is 0 Å². The SMILES string of the molecule is CC(=O)Nc1ccc(C(=O)C[P+](c2ccccc2)(c2ccccc2)c2ccccc2)cc1.[Cl-]. The molecule has 0 saturated heterocycles. The lowest BCUT2D eigenvalue weighted by Crippen LogP contribution is -3.00. The van der Waals surface area contributed by atoms with Gasteiger partial charge in [0.1, 0.15) is 29.3 Å². The molecule has 0 fully saturated rings. The number of Topliss-reactive ketones (excluding diaryl/α,β-unsaturated/α-hetero) is 1. The molecule has 3 nitrogen and oxygen atoms in total. The van der Waals surface area contributed by atoms with Gasteiger partial charge in [-0.15, -0.1) is 0 Å². The fourth-order valence-corrected chi connectivity index (χ4v) is 8.12. The number of halogens is 1. The van der Waals surface area contributed by atoms with Crippen LogP contribution < -0.4 is 33.6 Å². The van der Waals surface area contributed by atoms with Crippen molar-refractivity contribution in [2.24, 2.45) is 0 Å². The lowest BCUT2D eigenvalue weighted by Gasteiger charge is -2.27. The molecule has 4 aromatic carbocycles. The number of rotatable bonds is 7. The molecular formula is C28H25ClNO2P. The van der Waals surface area contributed by atoms with Gasteiger partial charge in [0.2, 0.25) is 11.7 Å². The van der Waals surface area contributed by atoms with Crippen LogP contribution in [0, 0.1) is 0 Å². The summed E-state index contributed by atoms with van der Waals surface area (Å²) in [4.78, 5) is 25.0. The first-order valence-electron chi connectivity index (χ1n) is 10.6. The molecular weight excluding hydrogens is 449 g/mol. The van der Waals surface area contributed by atoms with Crippen LogP contribution in [-0.4, -0.2) is 17.9 Å². The molecule has 0 heterocycles. The van der Waals surface area contributed by atoms with Crippen molar-refractivity contribution in [3.63, 3.8) is 0 Å². The van der Waals surface area contributed by atoms with Crippen molar-refractivity contribution in [1.82, 2.24) is 0 Å². The predicted molar refractivity (Wildman–Crippen MR) is 135 cm³/mol. The van der Waals surface area contributed by atoms with Gasteiger partial charge in [0.25, 0.3) is 0 Å². The standard InChI is InChI=1S/C28H24NO2P.ClH/c1-22(30)29-24-19-17-23(18-20-24)28(31)21-32(25-11-5-2-6-12-25,26-13-7-3-8-14-26)27-15-9-4-10-16-27;/h2-20H,21H2,1H3;1H. The molecule has 0 atom stereocenters. The highest BCUT2D eigenvalue weighted by atomic mass is 35.5. The zero-order chi connectivity index (χ0) is 22.4. The van der Waals surface area contributed by atoms with Crippen LogP contribution in [0.1, 0.15) is 17.3 Å². The highest BCUT2D eigenvalue weighted by Gasteiger charge is 2.47. The fourth-order valence-electron chi connectivity index (χ4n) is 4.02. The summed E-state index contributed by atoms with van der Waals surface area (Å²) in [6.45, 7) is 1.47. The van der Waals surface area contributed by atoms with Crippen LogP contribution in [0.15, 0.2) is 115 Å². The maximum atomic E-state index is 13.7. The van der Waals surface area contributed by atoms with E-state index in [1.807, 2.05) is 54.6 Å². The quantitative estimate of drug-likeness (QED) is 0.329. The van der Waals surface area contributed by atoms with E-state index in [2.05, 4.69) is 41.7 Å². The number of hydrogen-bond donors (Lipinski definition) is 1. The number of anilines is 1. The molecule has 0 aromatic heterocycles. The summed E-state index contributed by atoms with van der Waals surface area (Å²) in [6.07, 6.45) is 0.393. The van der Waals surface area contributed by atoms with Crippen LogP contribution in [0.4, 0.5) is 5.69 Å². The van der Waals surface area contributed by atoms with Crippen molar-refractivity contribution in [3.05, 3.63) is 121 Å². The average Bonchev–Trinajstić information content (AvgIpc) is 2.84. The van der Waals surface area contributed by atoms with E-state index in [0.717, 1.165) is 0 Å². The van der Waals surface area contributed by atoms with Gasteiger partial charge in [0, 0.05) is 18.2 Å². The summed E-state index contributed by atoms with van der Waals surface area (Å²) in [5.41, 5.74) is 1.33. The topological polar surface area (TPSA) is 46.2 Å². The zero-order valence-corrected chi connectivity index (χ0v) is 20.0. The van der Waals surface area contributed by atoms with E-state index < -0.39 is 7.26 Å². The molecule has 1 N–H and O–H groups in total. The predicted octanol–water partition coefficient (Wildman–Crippen LogP) is 1.83. The molecule has 33 heavy (non-hydrogen) atoms. The third-order valence-electron chi connectivity index (χ3n) is 5.50. The molecule has 1 amide bonds. The Morgan fingerprint density at radius 3 is 1.39 bits per heavy atom. The van der Waals surface area contributed by atoms with E-state index in [-0.39, 0.29) is 24.1 Å². The van der Waals surface area contributed by atoms with Crippen molar-refractivity contribution in [2.75, 3.05) is 11.5 Å². The molecule has 166 valence electrons. The highest BCUT2D eigenvalue weighted by Crippen LogP contribution is 2.55. The van der Waals surface area contributed by atoms with Gasteiger partial charge in [-0.05, 0) is 60.7 Å². The smallest absolute Gasteiger partial charge is 0.221 e. The average molecular weight is 474 g/mol. The lowest BCUT2D eigenvalue weighted by molar-refractivity contribution is -0.114. The minimum atomic E-state index is -2.23. The summed E-state index contributed by atoms with van der Waals surface area (Å²) in [5.74, 6) is -0.0458. The normalized spacial score (nSPS) is 10.7. The molecule has 0 radical (unpaired) electrons. The van der Waals surface area contributed by atoms with Gasteiger partial charge >= 0.3 is 0 Å². The van der Waals surface area contributed by atoms with Gasteiger partial charge in [-0.2, -0.15) is 0 Å². The first kappa shape index (κ1) is 24.4. The van der Waals surface area contributed by atoms with Gasteiger partial charge in [0.15, 0.2) is 0 Å². The van der Waals surface area contributed by atoms with E-state index in [1.54, 1.807) is 24.3 Å². The van der Waals surface area contributed by atoms with Crippen molar-refractivity contribution < 1.29 is 22.0 Å². The van der Waals surface area contributed by atoms with Crippen molar-refractivity contribution >= 4 is 40.6 Å². The molecule has 0 saturated carbocycles. The summed E-state index contributed by atoms with van der Waals surface area (Å²) < 4.78 is 0. The van der Waals surface area contributed by atoms with Crippen LogP contribution in [-0.2, 0) is 4.79 Å². The minimum Gasteiger partial charge on any atom is -1.00 e. The largest absolute Gasteiger partial charge is 1.00 e. The molecule has 0 aliphatic carbocycles. The van der Waals surface area contributed by atoms with E-state index in [9.17, 15) is 9.59 Å². The van der Waals surface area contributed by atoms with Crippen LogP contribution >= 0.6 is 7.26 Å². The van der Waals surface area contributed by atoms with Gasteiger partial charge in [-0.25, -0.2) is 0 Å². The summed E-state index contributed by atoms with van der Waals surface area (Å²) in [5, 5.41) is 6.30. The maximum absolute atomic E-state index is 13.7. The molecule has 4 rings (SSSR count). The lowest BCUT2D eigenvalue weighted by atomic mass is 10.1. The summed E-state index contributed by atoms with van der Waals surface area (Å²) in [6, 6.07) is 38.3. The molecule has 0 spiro atoms. The molecule has 5 heteroatoms. The molecule has 0 aliphatic rings. The van der Waals surface area contributed by atoms with Gasteiger partial charge < -0.3 is 17.7 Å². The van der Waals surface area contributed by atoms with E-state index >= 15 is 0 Å². The fraction of sp³-hybridized carbons (Fsp3) is 0.0714. The first-order valence-corrected chi connectivity index (χ1v) is 12.5. The van der Waals surface area contributed by atoms with E-state index in [0.29, 0.717) is 17.4 Å². The van der Waals surface area contributed by atoms with Crippen LogP contribution in [0.3, 0.4) is 0 Å². The van der Waals surface area contributed by atoms with E-state index in [4.69, 9.17) is 0 Å². The highest BCUT2D eigenvalue weighted by molar-refractivity contribution is 7.96. The number of benzene rings is 4. The monoisotopic (exact) mass is 473 g/mol. The second-order valence-electron chi connectivity index (χ2n) is 7.66. The Morgan fingerprint density at radius 1 is 0.636 bits per heavy atom. The summed E-state index contributed by atoms with van der Waals surface area (Å²) in [7, 11) is -2.23. The Kier molecular flexibility index (Phi) is 8.16.